The molecule has 1 aromatic heterocycles. The lowest BCUT2D eigenvalue weighted by molar-refractivity contribution is 0.0758. The summed E-state index contributed by atoms with van der Waals surface area (Å²) < 4.78 is 10.8. The van der Waals surface area contributed by atoms with Crippen LogP contribution in [-0.4, -0.2) is 22.2 Å². The molecule has 0 radical (unpaired) electrons. The van der Waals surface area contributed by atoms with Gasteiger partial charge in [-0.2, -0.15) is 0 Å². The van der Waals surface area contributed by atoms with E-state index in [2.05, 4.69) is 9.97 Å². The van der Waals surface area contributed by atoms with E-state index in [4.69, 9.17) is 21.1 Å². The average molecular weight is 295 g/mol. The number of halogens is 1. The molecule has 2 aromatic rings. The highest BCUT2D eigenvalue weighted by Crippen LogP contribution is 2.39. The maximum atomic E-state index is 10.2. The lowest BCUT2D eigenvalue weighted by Crippen LogP contribution is -2.17. The van der Waals surface area contributed by atoms with Crippen LogP contribution >= 0.6 is 11.6 Å². The molecule has 1 aromatic carbocycles. The first-order chi connectivity index (χ1) is 9.41. The predicted octanol–water partition coefficient (Wildman–Crippen LogP) is 3.16. The molecule has 0 aliphatic rings. The number of ether oxygens (including phenoxy) is 2. The van der Waals surface area contributed by atoms with Crippen molar-refractivity contribution in [1.82, 2.24) is 9.97 Å². The zero-order chi connectivity index (χ0) is 14.8. The molecule has 0 aliphatic heterocycles. The van der Waals surface area contributed by atoms with Gasteiger partial charge < -0.3 is 14.6 Å². The summed E-state index contributed by atoms with van der Waals surface area (Å²) in [5.41, 5.74) is -0.590. The Hall–Kier alpha value is -1.85. The van der Waals surface area contributed by atoms with E-state index in [-0.39, 0.29) is 6.01 Å². The van der Waals surface area contributed by atoms with Crippen molar-refractivity contribution in [2.75, 3.05) is 7.11 Å². The number of rotatable bonds is 4. The van der Waals surface area contributed by atoms with E-state index in [0.29, 0.717) is 22.1 Å². The Balaban J connectivity index is 2.48. The van der Waals surface area contributed by atoms with Crippen LogP contribution in [0.1, 0.15) is 19.4 Å². The number of aromatic nitrogens is 2. The van der Waals surface area contributed by atoms with Crippen LogP contribution in [0, 0.1) is 0 Å². The number of aliphatic hydroxyl groups is 1. The Labute approximate surface area is 122 Å². The van der Waals surface area contributed by atoms with E-state index in [1.54, 1.807) is 44.4 Å². The van der Waals surface area contributed by atoms with Gasteiger partial charge in [-0.1, -0.05) is 11.6 Å². The summed E-state index contributed by atoms with van der Waals surface area (Å²) in [6.45, 7) is 3.29. The molecule has 0 bridgehead atoms. The van der Waals surface area contributed by atoms with Crippen molar-refractivity contribution in [3.63, 3.8) is 0 Å². The van der Waals surface area contributed by atoms with Gasteiger partial charge in [-0.3, -0.25) is 0 Å². The average Bonchev–Trinajstić information content (AvgIpc) is 2.38. The molecule has 0 fully saturated rings. The van der Waals surface area contributed by atoms with Gasteiger partial charge in [-0.25, -0.2) is 9.97 Å². The molecule has 0 unspecified atom stereocenters. The number of methoxy groups -OCH3 is 1. The number of hydrogen-bond acceptors (Lipinski definition) is 5. The third-order valence-corrected chi connectivity index (χ3v) is 2.95. The van der Waals surface area contributed by atoms with Crippen LogP contribution in [0.15, 0.2) is 30.6 Å². The molecule has 0 amide bonds. The standard InChI is InChI=1S/C14H15ClN2O3/c1-14(2,18)9-7-12(19-3)10(15)8-11(9)20-13-16-5-4-6-17-13/h4-8,18H,1-3H3. The van der Waals surface area contributed by atoms with Crippen molar-refractivity contribution < 1.29 is 14.6 Å². The number of benzene rings is 1. The lowest BCUT2D eigenvalue weighted by atomic mass is 9.97. The van der Waals surface area contributed by atoms with Gasteiger partial charge in [0, 0.05) is 24.0 Å². The normalized spacial score (nSPS) is 11.2. The second-order valence-electron chi connectivity index (χ2n) is 4.68. The van der Waals surface area contributed by atoms with Crippen LogP contribution in [0.5, 0.6) is 17.5 Å². The maximum absolute atomic E-state index is 10.2. The van der Waals surface area contributed by atoms with Crippen LogP contribution in [-0.2, 0) is 5.60 Å². The highest BCUT2D eigenvalue weighted by atomic mass is 35.5. The van der Waals surface area contributed by atoms with Gasteiger partial charge in [0.05, 0.1) is 17.7 Å². The fourth-order valence-corrected chi connectivity index (χ4v) is 1.92. The predicted molar refractivity (Wildman–Crippen MR) is 75.4 cm³/mol. The zero-order valence-corrected chi connectivity index (χ0v) is 12.2. The minimum atomic E-state index is -1.12. The van der Waals surface area contributed by atoms with Crippen LogP contribution in [0.3, 0.4) is 0 Å². The van der Waals surface area contributed by atoms with Gasteiger partial charge in [-0.15, -0.1) is 0 Å². The quantitative estimate of drug-likeness (QED) is 0.938. The summed E-state index contributed by atoms with van der Waals surface area (Å²) in [4.78, 5) is 7.96. The molecule has 20 heavy (non-hydrogen) atoms. The Bertz CT molecular complexity index is 597. The van der Waals surface area contributed by atoms with E-state index in [9.17, 15) is 5.11 Å². The summed E-state index contributed by atoms with van der Waals surface area (Å²) in [5.74, 6) is 0.847. The van der Waals surface area contributed by atoms with Crippen LogP contribution in [0.25, 0.3) is 0 Å². The van der Waals surface area contributed by atoms with Gasteiger partial charge in [0.1, 0.15) is 11.5 Å². The third-order valence-electron chi connectivity index (χ3n) is 2.66. The molecule has 0 aliphatic carbocycles. The molecule has 0 atom stereocenters. The molecular weight excluding hydrogens is 280 g/mol. The fourth-order valence-electron chi connectivity index (χ4n) is 1.69. The smallest absolute Gasteiger partial charge is 0.321 e. The van der Waals surface area contributed by atoms with E-state index >= 15 is 0 Å². The summed E-state index contributed by atoms with van der Waals surface area (Å²) in [6, 6.07) is 5.08. The van der Waals surface area contributed by atoms with Crippen LogP contribution in [0.4, 0.5) is 0 Å². The topological polar surface area (TPSA) is 64.5 Å². The van der Waals surface area contributed by atoms with Crippen LogP contribution < -0.4 is 9.47 Å². The van der Waals surface area contributed by atoms with Gasteiger partial charge in [0.25, 0.3) is 0 Å². The van der Waals surface area contributed by atoms with Gasteiger partial charge in [0.15, 0.2) is 0 Å². The maximum Gasteiger partial charge on any atom is 0.321 e. The SMILES string of the molecule is COc1cc(C(C)(C)O)c(Oc2ncccn2)cc1Cl. The molecular formula is C14H15ClN2O3. The van der Waals surface area contributed by atoms with E-state index in [1.807, 2.05) is 0 Å². The van der Waals surface area contributed by atoms with Crippen molar-refractivity contribution >= 4 is 11.6 Å². The minimum absolute atomic E-state index is 0.180. The van der Waals surface area contributed by atoms with E-state index in [0.717, 1.165) is 0 Å². The van der Waals surface area contributed by atoms with Crippen molar-refractivity contribution in [1.29, 1.82) is 0 Å². The minimum Gasteiger partial charge on any atom is -0.495 e. The second kappa shape index (κ2) is 5.64. The lowest BCUT2D eigenvalue weighted by Gasteiger charge is -2.22. The molecule has 106 valence electrons. The Kier molecular flexibility index (Phi) is 4.11. The van der Waals surface area contributed by atoms with Gasteiger partial charge >= 0.3 is 6.01 Å². The second-order valence-corrected chi connectivity index (χ2v) is 5.08. The molecule has 5 nitrogen and oxygen atoms in total. The summed E-state index contributed by atoms with van der Waals surface area (Å²) in [5, 5.41) is 10.6. The molecule has 0 saturated carbocycles. The first-order valence-corrected chi connectivity index (χ1v) is 6.35. The molecule has 6 heteroatoms. The molecule has 0 spiro atoms. The fraction of sp³-hybridized carbons (Fsp3) is 0.286. The Morgan fingerprint density at radius 1 is 1.15 bits per heavy atom. The van der Waals surface area contributed by atoms with E-state index < -0.39 is 5.60 Å². The first kappa shape index (κ1) is 14.6. The van der Waals surface area contributed by atoms with Gasteiger partial charge in [-0.05, 0) is 26.0 Å². The third kappa shape index (κ3) is 3.18. The molecule has 1 heterocycles. The summed E-state index contributed by atoms with van der Waals surface area (Å²) >= 11 is 6.09. The van der Waals surface area contributed by atoms with Crippen molar-refractivity contribution in [3.05, 3.63) is 41.2 Å². The van der Waals surface area contributed by atoms with Crippen LogP contribution in [0.2, 0.25) is 5.02 Å². The molecule has 0 saturated heterocycles. The van der Waals surface area contributed by atoms with Crippen molar-refractivity contribution in [3.8, 4) is 17.5 Å². The first-order valence-electron chi connectivity index (χ1n) is 5.97. The molecule has 2 rings (SSSR count). The molecule has 1 N–H and O–H groups in total. The van der Waals surface area contributed by atoms with Gasteiger partial charge in [0.2, 0.25) is 0 Å². The van der Waals surface area contributed by atoms with Crippen molar-refractivity contribution in [2.45, 2.75) is 19.4 Å². The van der Waals surface area contributed by atoms with E-state index in [1.165, 1.54) is 7.11 Å². The summed E-state index contributed by atoms with van der Waals surface area (Å²) in [6.07, 6.45) is 3.13. The highest BCUT2D eigenvalue weighted by molar-refractivity contribution is 6.32. The zero-order valence-electron chi connectivity index (χ0n) is 11.4. The largest absolute Gasteiger partial charge is 0.495 e. The monoisotopic (exact) mass is 294 g/mol. The Morgan fingerprint density at radius 3 is 2.35 bits per heavy atom. The highest BCUT2D eigenvalue weighted by Gasteiger charge is 2.24. The number of hydrogen-bond donors (Lipinski definition) is 1. The number of nitrogens with zero attached hydrogens (tertiary/aromatic N) is 2. The van der Waals surface area contributed by atoms with Crippen molar-refractivity contribution in [2.24, 2.45) is 0 Å². The summed E-state index contributed by atoms with van der Waals surface area (Å²) in [7, 11) is 1.51. The Morgan fingerprint density at radius 2 is 1.80 bits per heavy atom.